The Hall–Kier alpha value is -6.80. The van der Waals surface area contributed by atoms with E-state index in [1.165, 1.54) is 45.8 Å². The van der Waals surface area contributed by atoms with Gasteiger partial charge in [-0.05, 0) is 24.3 Å². The van der Waals surface area contributed by atoms with Gasteiger partial charge in [-0.3, -0.25) is 39.6 Å². The Kier molecular flexibility index (Phi) is 16.2. The summed E-state index contributed by atoms with van der Waals surface area (Å²) >= 11 is 0. The van der Waals surface area contributed by atoms with Crippen molar-refractivity contribution in [2.45, 2.75) is 12.8 Å². The van der Waals surface area contributed by atoms with Gasteiger partial charge in [0, 0.05) is 91.1 Å². The molecule has 12 N–H and O–H groups in total. The fourth-order valence-corrected chi connectivity index (χ4v) is 5.15. The van der Waals surface area contributed by atoms with Crippen molar-refractivity contribution >= 4 is 94.7 Å². The largest absolute Gasteiger partial charge is 0.388 e. The number of hydrogen-bond acceptors (Lipinski definition) is 8. The second kappa shape index (κ2) is 20.0. The SMILES string of the molecule is Cl.Cl.Cn1cc(NC(=O)c2cc(NC(=O)/C=C/C(=O)Nc3cc(C(=O)Nc4cc(C(=O)NCCC(=N)N)n(C)c4)n(C)c3)cn2C)cc1C(=O)NCCC(=N)N. The Bertz CT molecular complexity index is 2030. The van der Waals surface area contributed by atoms with Crippen LogP contribution in [0.4, 0.5) is 22.7 Å². The number of nitrogens with zero attached hydrogens (tertiary/aromatic N) is 4. The lowest BCUT2D eigenvalue weighted by Gasteiger charge is -2.04. The number of rotatable bonds is 16. The van der Waals surface area contributed by atoms with Crippen molar-refractivity contribution in [3.63, 3.8) is 0 Å². The Morgan fingerprint density at radius 3 is 1.07 bits per heavy atom. The molecule has 0 unspecified atom stereocenters. The summed E-state index contributed by atoms with van der Waals surface area (Å²) in [5.74, 6) is -3.18. The first-order valence-electron chi connectivity index (χ1n) is 16.3. The number of anilines is 4. The van der Waals surface area contributed by atoms with Crippen LogP contribution < -0.4 is 43.4 Å². The summed E-state index contributed by atoms with van der Waals surface area (Å²) in [7, 11) is 6.50. The summed E-state index contributed by atoms with van der Waals surface area (Å²) in [5.41, 5.74) is 12.9. The van der Waals surface area contributed by atoms with Crippen LogP contribution in [0.2, 0.25) is 0 Å². The average molecular weight is 816 g/mol. The molecule has 4 aromatic rings. The molecule has 0 atom stereocenters. The van der Waals surface area contributed by atoms with Crippen LogP contribution in [-0.4, -0.2) is 78.5 Å². The van der Waals surface area contributed by atoms with Gasteiger partial charge in [-0.15, -0.1) is 24.8 Å². The molecular formula is C34H44Cl2N14O6. The zero-order chi connectivity index (χ0) is 39.7. The Morgan fingerprint density at radius 2 is 0.786 bits per heavy atom. The highest BCUT2D eigenvalue weighted by molar-refractivity contribution is 6.09. The second-order valence-electron chi connectivity index (χ2n) is 12.2. The maximum Gasteiger partial charge on any atom is 0.272 e. The third-order valence-electron chi connectivity index (χ3n) is 7.75. The van der Waals surface area contributed by atoms with E-state index in [-0.39, 0.29) is 96.6 Å². The summed E-state index contributed by atoms with van der Waals surface area (Å²) < 4.78 is 6.07. The van der Waals surface area contributed by atoms with Crippen molar-refractivity contribution in [1.29, 1.82) is 10.8 Å². The first-order chi connectivity index (χ1) is 25.5. The quantitative estimate of drug-likeness (QED) is 0.0450. The molecular weight excluding hydrogens is 771 g/mol. The van der Waals surface area contributed by atoms with Crippen LogP contribution in [0, 0.1) is 10.8 Å². The number of nitrogens with two attached hydrogens (primary N) is 2. The van der Waals surface area contributed by atoms with Gasteiger partial charge in [0.25, 0.3) is 23.6 Å². The smallest absolute Gasteiger partial charge is 0.272 e. The second-order valence-corrected chi connectivity index (χ2v) is 12.2. The fraction of sp³-hybridized carbons (Fsp3) is 0.235. The Morgan fingerprint density at radius 1 is 0.518 bits per heavy atom. The van der Waals surface area contributed by atoms with Crippen LogP contribution in [-0.2, 0) is 37.8 Å². The number of carbonyl (C=O) groups is 6. The number of amides is 6. The number of carbonyl (C=O) groups excluding carboxylic acids is 6. The van der Waals surface area contributed by atoms with Gasteiger partial charge < -0.3 is 61.6 Å². The van der Waals surface area contributed by atoms with Crippen molar-refractivity contribution in [1.82, 2.24) is 28.9 Å². The van der Waals surface area contributed by atoms with Crippen molar-refractivity contribution in [3.05, 3.63) is 84.0 Å². The summed E-state index contributed by atoms with van der Waals surface area (Å²) in [6, 6.07) is 5.88. The van der Waals surface area contributed by atoms with Crippen LogP contribution in [0.3, 0.4) is 0 Å². The molecule has 0 aliphatic carbocycles. The first-order valence-corrected chi connectivity index (χ1v) is 16.3. The predicted molar refractivity (Wildman–Crippen MR) is 216 cm³/mol. The molecule has 56 heavy (non-hydrogen) atoms. The molecule has 0 fully saturated rings. The van der Waals surface area contributed by atoms with Crippen LogP contribution in [0.1, 0.15) is 54.8 Å². The number of nitrogens with one attached hydrogen (secondary N) is 8. The van der Waals surface area contributed by atoms with E-state index < -0.39 is 35.4 Å². The standard InChI is InChI=1S/C34H42N14O6.2ClH/c1-45-17-21(13-23(45)31(51)39-9-7-27(35)36)43-33(53)25-11-19(15-47(25)3)41-29(49)5-6-30(50)42-20-12-26(48(4)16-20)34(54)44-22-14-24(46(2)18-22)32(52)40-10-8-28(37)38;;/h5-6,11-18H,7-10H2,1-4H3,(H3,35,36)(H3,37,38)(H,39,51)(H,40,52)(H,41,49)(H,42,50)(H,43,53)(H,44,54);2*1H/b6-5+;;. The predicted octanol–water partition coefficient (Wildman–Crippen LogP) is 1.63. The first kappa shape index (κ1) is 45.4. The zero-order valence-corrected chi connectivity index (χ0v) is 32.4. The molecule has 300 valence electrons. The van der Waals surface area contributed by atoms with Gasteiger partial charge in [-0.2, -0.15) is 0 Å². The molecule has 20 nitrogen and oxygen atoms in total. The van der Waals surface area contributed by atoms with Crippen LogP contribution in [0.15, 0.2) is 61.2 Å². The third kappa shape index (κ3) is 12.4. The van der Waals surface area contributed by atoms with Gasteiger partial charge >= 0.3 is 0 Å². The molecule has 6 amide bonds. The number of amidine groups is 2. The molecule has 0 bridgehead atoms. The molecule has 0 spiro atoms. The van der Waals surface area contributed by atoms with E-state index in [1.807, 2.05) is 0 Å². The maximum atomic E-state index is 13.0. The van der Waals surface area contributed by atoms with E-state index in [0.29, 0.717) is 11.4 Å². The lowest BCUT2D eigenvalue weighted by atomic mass is 10.3. The van der Waals surface area contributed by atoms with E-state index in [2.05, 4.69) is 31.9 Å². The van der Waals surface area contributed by atoms with E-state index in [1.54, 1.807) is 49.7 Å². The lowest BCUT2D eigenvalue weighted by Crippen LogP contribution is -2.28. The molecule has 4 rings (SSSR count). The van der Waals surface area contributed by atoms with Gasteiger partial charge in [0.15, 0.2) is 0 Å². The highest BCUT2D eigenvalue weighted by Crippen LogP contribution is 2.19. The Labute approximate surface area is 333 Å². The molecule has 4 aromatic heterocycles. The highest BCUT2D eigenvalue weighted by atomic mass is 35.5. The van der Waals surface area contributed by atoms with Gasteiger partial charge in [0.2, 0.25) is 11.8 Å². The van der Waals surface area contributed by atoms with Gasteiger partial charge in [0.1, 0.15) is 22.8 Å². The van der Waals surface area contributed by atoms with E-state index >= 15 is 0 Å². The molecule has 0 aliphatic heterocycles. The molecule has 22 heteroatoms. The minimum absolute atomic E-state index is 0. The maximum absolute atomic E-state index is 13.0. The van der Waals surface area contributed by atoms with E-state index in [9.17, 15) is 28.8 Å². The van der Waals surface area contributed by atoms with Crippen molar-refractivity contribution in [2.75, 3.05) is 34.4 Å². The van der Waals surface area contributed by atoms with Crippen LogP contribution >= 0.6 is 24.8 Å². The number of hydrogen-bond donors (Lipinski definition) is 10. The zero-order valence-electron chi connectivity index (χ0n) is 30.8. The number of halogens is 2. The fourth-order valence-electron chi connectivity index (χ4n) is 5.15. The molecule has 0 aliphatic rings. The monoisotopic (exact) mass is 814 g/mol. The molecule has 0 saturated heterocycles. The highest BCUT2D eigenvalue weighted by Gasteiger charge is 2.19. The van der Waals surface area contributed by atoms with Crippen molar-refractivity contribution < 1.29 is 28.8 Å². The number of aromatic nitrogens is 4. The van der Waals surface area contributed by atoms with Crippen molar-refractivity contribution in [2.24, 2.45) is 39.7 Å². The average Bonchev–Trinajstić information content (AvgIpc) is 3.84. The summed E-state index contributed by atoms with van der Waals surface area (Å²) in [6.45, 7) is 0.391. The summed E-state index contributed by atoms with van der Waals surface area (Å²) in [6.07, 6.45) is 8.59. The van der Waals surface area contributed by atoms with Gasteiger partial charge in [-0.25, -0.2) is 0 Å². The molecule has 0 aromatic carbocycles. The molecule has 0 radical (unpaired) electrons. The molecule has 4 heterocycles. The summed E-state index contributed by atoms with van der Waals surface area (Å²) in [4.78, 5) is 76.1. The van der Waals surface area contributed by atoms with Gasteiger partial charge in [0.05, 0.1) is 34.4 Å². The third-order valence-corrected chi connectivity index (χ3v) is 7.75. The van der Waals surface area contributed by atoms with Crippen LogP contribution in [0.25, 0.3) is 0 Å². The van der Waals surface area contributed by atoms with Crippen molar-refractivity contribution in [3.8, 4) is 0 Å². The number of aryl methyl sites for hydroxylation is 4. The Balaban J connectivity index is 0.00000541. The van der Waals surface area contributed by atoms with E-state index in [4.69, 9.17) is 22.3 Å². The van der Waals surface area contributed by atoms with Crippen LogP contribution in [0.5, 0.6) is 0 Å². The van der Waals surface area contributed by atoms with Gasteiger partial charge in [-0.1, -0.05) is 0 Å². The minimum Gasteiger partial charge on any atom is -0.388 e. The molecule has 0 saturated carbocycles. The summed E-state index contributed by atoms with van der Waals surface area (Å²) in [5, 5.41) is 30.4. The van der Waals surface area contributed by atoms with E-state index in [0.717, 1.165) is 12.2 Å². The lowest BCUT2D eigenvalue weighted by molar-refractivity contribution is -0.114. The topological polar surface area (TPSA) is 294 Å². The minimum atomic E-state index is -0.644. The normalized spacial score (nSPS) is 10.4.